The molecule has 1 fully saturated rings. The lowest BCUT2D eigenvalue weighted by Gasteiger charge is -2.34. The molecule has 4 rings (SSSR count). The van der Waals surface area contributed by atoms with Gasteiger partial charge in [0.15, 0.2) is 0 Å². The molecule has 1 saturated heterocycles. The first-order valence-corrected chi connectivity index (χ1v) is 10.6. The first-order valence-electron chi connectivity index (χ1n) is 10.6. The average Bonchev–Trinajstić information content (AvgIpc) is 3.03. The summed E-state index contributed by atoms with van der Waals surface area (Å²) in [6, 6.07) is 14.3. The van der Waals surface area contributed by atoms with Gasteiger partial charge in [0.1, 0.15) is 0 Å². The summed E-state index contributed by atoms with van der Waals surface area (Å²) in [5, 5.41) is 5.59. The maximum Gasteiger partial charge on any atom is 0.319 e. The zero-order valence-corrected chi connectivity index (χ0v) is 17.6. The van der Waals surface area contributed by atoms with E-state index in [0.717, 1.165) is 37.6 Å². The van der Waals surface area contributed by atoms with E-state index >= 15 is 0 Å². The number of hydrogen-bond acceptors (Lipinski definition) is 5. The number of hydrogen-bond donors (Lipinski definition) is 2. The van der Waals surface area contributed by atoms with Crippen LogP contribution in [0.4, 0.5) is 16.2 Å². The summed E-state index contributed by atoms with van der Waals surface area (Å²) >= 11 is 0. The van der Waals surface area contributed by atoms with Crippen molar-refractivity contribution in [2.75, 3.05) is 56.5 Å². The summed E-state index contributed by atoms with van der Waals surface area (Å²) in [7, 11) is 2.13. The van der Waals surface area contributed by atoms with Crippen molar-refractivity contribution in [3.8, 4) is 0 Å². The number of carbonyl (C=O) groups is 3. The van der Waals surface area contributed by atoms with Crippen molar-refractivity contribution in [1.29, 1.82) is 0 Å². The van der Waals surface area contributed by atoms with Crippen LogP contribution in [0, 0.1) is 0 Å². The molecular weight excluding hydrogens is 394 g/mol. The number of urea groups is 1. The number of fused-ring (bicyclic) bond motifs is 1. The molecule has 0 aromatic heterocycles. The van der Waals surface area contributed by atoms with Gasteiger partial charge in [-0.3, -0.25) is 14.5 Å². The van der Waals surface area contributed by atoms with Crippen LogP contribution in [0.25, 0.3) is 0 Å². The molecular formula is C23H27N5O3. The predicted molar refractivity (Wildman–Crippen MR) is 120 cm³/mol. The molecule has 162 valence electrons. The number of amides is 4. The third-order valence-electron chi connectivity index (χ3n) is 5.72. The standard InChI is InChI=1S/C23H27N5O3/c1-26-13-15-27(16-14-26)18-9-7-17(8-10-18)25-23(31)24-11-4-12-28-21(29)19-5-2-3-6-20(19)22(28)30/h2-3,5-10H,4,11-16H2,1H3,(H2,24,25,31). The van der Waals surface area contributed by atoms with Gasteiger partial charge in [-0.1, -0.05) is 12.1 Å². The molecule has 31 heavy (non-hydrogen) atoms. The Morgan fingerprint density at radius 3 is 2.13 bits per heavy atom. The molecule has 0 atom stereocenters. The van der Waals surface area contributed by atoms with Gasteiger partial charge in [0.2, 0.25) is 0 Å². The number of nitrogens with one attached hydrogen (secondary N) is 2. The number of rotatable bonds is 6. The molecule has 0 aliphatic carbocycles. The minimum absolute atomic E-state index is 0.270. The smallest absolute Gasteiger partial charge is 0.319 e. The Kier molecular flexibility index (Phi) is 6.18. The first-order chi connectivity index (χ1) is 15.0. The van der Waals surface area contributed by atoms with Gasteiger partial charge in [0, 0.05) is 50.6 Å². The molecule has 2 aliphatic rings. The minimum Gasteiger partial charge on any atom is -0.369 e. The van der Waals surface area contributed by atoms with Crippen LogP contribution < -0.4 is 15.5 Å². The van der Waals surface area contributed by atoms with E-state index in [4.69, 9.17) is 0 Å². The van der Waals surface area contributed by atoms with E-state index in [1.165, 1.54) is 4.90 Å². The van der Waals surface area contributed by atoms with Crippen LogP contribution in [0.3, 0.4) is 0 Å². The summed E-state index contributed by atoms with van der Waals surface area (Å²) in [5.74, 6) is -0.545. The largest absolute Gasteiger partial charge is 0.369 e. The number of anilines is 2. The molecule has 4 amide bonds. The molecule has 2 N–H and O–H groups in total. The van der Waals surface area contributed by atoms with Crippen LogP contribution in [-0.4, -0.2) is 74.0 Å². The Hall–Kier alpha value is -3.39. The minimum atomic E-state index is -0.310. The molecule has 2 aliphatic heterocycles. The van der Waals surface area contributed by atoms with Crippen molar-refractivity contribution in [2.45, 2.75) is 6.42 Å². The van der Waals surface area contributed by atoms with Gasteiger partial charge in [-0.05, 0) is 49.9 Å². The molecule has 2 aromatic carbocycles. The zero-order chi connectivity index (χ0) is 21.8. The quantitative estimate of drug-likeness (QED) is 0.552. The van der Waals surface area contributed by atoms with Crippen molar-refractivity contribution >= 4 is 29.2 Å². The van der Waals surface area contributed by atoms with Crippen molar-refractivity contribution in [3.63, 3.8) is 0 Å². The van der Waals surface area contributed by atoms with Crippen LogP contribution >= 0.6 is 0 Å². The number of likely N-dealkylation sites (N-methyl/N-ethyl adjacent to an activating group) is 1. The van der Waals surface area contributed by atoms with Gasteiger partial charge in [-0.2, -0.15) is 0 Å². The second-order valence-electron chi connectivity index (χ2n) is 7.88. The van der Waals surface area contributed by atoms with E-state index in [2.05, 4.69) is 27.5 Å². The third kappa shape index (κ3) is 4.69. The summed E-state index contributed by atoms with van der Waals surface area (Å²) in [4.78, 5) is 42.7. The highest BCUT2D eigenvalue weighted by molar-refractivity contribution is 6.21. The van der Waals surface area contributed by atoms with E-state index in [0.29, 0.717) is 24.1 Å². The van der Waals surface area contributed by atoms with Gasteiger partial charge in [-0.15, -0.1) is 0 Å². The lowest BCUT2D eigenvalue weighted by Crippen LogP contribution is -2.44. The van der Waals surface area contributed by atoms with Crippen molar-refractivity contribution in [3.05, 3.63) is 59.7 Å². The topological polar surface area (TPSA) is 85.0 Å². The van der Waals surface area contributed by atoms with Gasteiger partial charge in [0.05, 0.1) is 11.1 Å². The SMILES string of the molecule is CN1CCN(c2ccc(NC(=O)NCCCN3C(=O)c4ccccc4C3=O)cc2)CC1. The van der Waals surface area contributed by atoms with Crippen molar-refractivity contribution in [2.24, 2.45) is 0 Å². The van der Waals surface area contributed by atoms with Gasteiger partial charge >= 0.3 is 6.03 Å². The molecule has 0 radical (unpaired) electrons. The van der Waals surface area contributed by atoms with Crippen LogP contribution in [0.5, 0.6) is 0 Å². The lowest BCUT2D eigenvalue weighted by molar-refractivity contribution is 0.0653. The van der Waals surface area contributed by atoms with Crippen LogP contribution in [0.1, 0.15) is 27.1 Å². The van der Waals surface area contributed by atoms with Crippen LogP contribution in [0.15, 0.2) is 48.5 Å². The van der Waals surface area contributed by atoms with Crippen molar-refractivity contribution < 1.29 is 14.4 Å². The third-order valence-corrected chi connectivity index (χ3v) is 5.72. The summed E-state index contributed by atoms with van der Waals surface area (Å²) in [6.45, 7) is 4.71. The van der Waals surface area contributed by atoms with E-state index in [1.807, 2.05) is 24.3 Å². The fraction of sp³-hybridized carbons (Fsp3) is 0.348. The second-order valence-corrected chi connectivity index (χ2v) is 7.88. The fourth-order valence-corrected chi connectivity index (χ4v) is 3.88. The van der Waals surface area contributed by atoms with E-state index < -0.39 is 0 Å². The number of nitrogens with zero attached hydrogens (tertiary/aromatic N) is 3. The first kappa shape index (κ1) is 20.9. The molecule has 0 saturated carbocycles. The molecule has 8 heteroatoms. The number of benzene rings is 2. The molecule has 2 aromatic rings. The maximum absolute atomic E-state index is 12.3. The number of piperazine rings is 1. The van der Waals surface area contributed by atoms with Crippen LogP contribution in [0.2, 0.25) is 0 Å². The fourth-order valence-electron chi connectivity index (χ4n) is 3.88. The Balaban J connectivity index is 1.20. The van der Waals surface area contributed by atoms with Gasteiger partial charge in [0.25, 0.3) is 11.8 Å². The number of imide groups is 1. The predicted octanol–water partition coefficient (Wildman–Crippen LogP) is 2.25. The van der Waals surface area contributed by atoms with E-state index in [1.54, 1.807) is 24.3 Å². The van der Waals surface area contributed by atoms with Gasteiger partial charge in [-0.25, -0.2) is 4.79 Å². The Morgan fingerprint density at radius 1 is 0.903 bits per heavy atom. The summed E-state index contributed by atoms with van der Waals surface area (Å²) < 4.78 is 0. The van der Waals surface area contributed by atoms with Crippen LogP contribution in [-0.2, 0) is 0 Å². The molecule has 0 bridgehead atoms. The Morgan fingerprint density at radius 2 is 1.52 bits per heavy atom. The lowest BCUT2D eigenvalue weighted by atomic mass is 10.1. The highest BCUT2D eigenvalue weighted by atomic mass is 16.2. The Labute approximate surface area is 181 Å². The summed E-state index contributed by atoms with van der Waals surface area (Å²) in [5.41, 5.74) is 2.76. The second kappa shape index (κ2) is 9.18. The van der Waals surface area contributed by atoms with E-state index in [9.17, 15) is 14.4 Å². The monoisotopic (exact) mass is 421 g/mol. The van der Waals surface area contributed by atoms with Crippen molar-refractivity contribution in [1.82, 2.24) is 15.1 Å². The van der Waals surface area contributed by atoms with Gasteiger partial charge < -0.3 is 20.4 Å². The zero-order valence-electron chi connectivity index (χ0n) is 17.6. The molecule has 2 heterocycles. The highest BCUT2D eigenvalue weighted by Crippen LogP contribution is 2.22. The van der Waals surface area contributed by atoms with E-state index in [-0.39, 0.29) is 24.4 Å². The maximum atomic E-state index is 12.3. The molecule has 0 spiro atoms. The number of carbonyl (C=O) groups excluding carboxylic acids is 3. The summed E-state index contributed by atoms with van der Waals surface area (Å²) in [6.07, 6.45) is 0.487. The molecule has 0 unspecified atom stereocenters. The Bertz CT molecular complexity index is 932. The average molecular weight is 422 g/mol. The highest BCUT2D eigenvalue weighted by Gasteiger charge is 2.34. The molecule has 8 nitrogen and oxygen atoms in total. The normalized spacial score (nSPS) is 16.4.